The molecule has 1 fully saturated rings. The largest absolute Gasteiger partial charge is 0.317 e. The van der Waals surface area contributed by atoms with Crippen molar-refractivity contribution >= 4 is 27.0 Å². The first-order chi connectivity index (χ1) is 9.20. The molecule has 0 saturated heterocycles. The van der Waals surface area contributed by atoms with Crippen molar-refractivity contribution in [1.82, 2.24) is 14.5 Å². The molecular weight excluding hydrogens is 306 g/mol. The predicted molar refractivity (Wildman–Crippen MR) is 73.0 cm³/mol. The zero-order valence-corrected chi connectivity index (χ0v) is 11.6. The Morgan fingerprint density at radius 3 is 3.11 bits per heavy atom. The summed E-state index contributed by atoms with van der Waals surface area (Å²) in [6, 6.07) is 2.28. The SMILES string of the molecule is [C-]#[N+]CC1(n2cc(Br)c3cncnc32)CC(C#N)C1. The maximum absolute atomic E-state index is 8.98. The van der Waals surface area contributed by atoms with Gasteiger partial charge in [0.1, 0.15) is 17.5 Å². The average Bonchev–Trinajstić information content (AvgIpc) is 2.72. The van der Waals surface area contributed by atoms with Crippen LogP contribution in [0.3, 0.4) is 0 Å². The molecule has 0 N–H and O–H groups in total. The lowest BCUT2D eigenvalue weighted by molar-refractivity contribution is 0.122. The molecule has 2 heterocycles. The third-order valence-electron chi connectivity index (χ3n) is 3.74. The Kier molecular flexibility index (Phi) is 2.76. The van der Waals surface area contributed by atoms with Gasteiger partial charge < -0.3 is 9.41 Å². The van der Waals surface area contributed by atoms with E-state index in [4.69, 9.17) is 11.8 Å². The molecule has 0 bridgehead atoms. The summed E-state index contributed by atoms with van der Waals surface area (Å²) in [6.07, 6.45) is 6.66. The molecule has 1 aliphatic rings. The normalized spacial score (nSPS) is 25.5. The molecule has 0 radical (unpaired) electrons. The monoisotopic (exact) mass is 315 g/mol. The minimum Gasteiger partial charge on any atom is -0.317 e. The van der Waals surface area contributed by atoms with Crippen LogP contribution < -0.4 is 0 Å². The molecular formula is C13H10BrN5. The number of nitrogens with zero attached hydrogens (tertiary/aromatic N) is 5. The molecule has 0 unspecified atom stereocenters. The van der Waals surface area contributed by atoms with Crippen molar-refractivity contribution in [3.05, 3.63) is 34.6 Å². The van der Waals surface area contributed by atoms with Gasteiger partial charge >= 0.3 is 0 Å². The van der Waals surface area contributed by atoms with Crippen molar-refractivity contribution in [2.45, 2.75) is 18.4 Å². The second-order valence-corrected chi connectivity index (χ2v) is 5.74. The first kappa shape index (κ1) is 12.1. The quantitative estimate of drug-likeness (QED) is 0.801. The maximum atomic E-state index is 8.98. The lowest BCUT2D eigenvalue weighted by Gasteiger charge is -2.42. The van der Waals surface area contributed by atoms with Crippen LogP contribution >= 0.6 is 15.9 Å². The Balaban J connectivity index is 2.13. The zero-order valence-electron chi connectivity index (χ0n) is 10.0. The van der Waals surface area contributed by atoms with Gasteiger partial charge in [0.2, 0.25) is 6.54 Å². The summed E-state index contributed by atoms with van der Waals surface area (Å²) >= 11 is 3.50. The van der Waals surface area contributed by atoms with E-state index in [0.717, 1.165) is 15.5 Å². The van der Waals surface area contributed by atoms with Crippen LogP contribution in [-0.2, 0) is 5.54 Å². The minimum absolute atomic E-state index is 0.0415. The topological polar surface area (TPSA) is 58.9 Å². The van der Waals surface area contributed by atoms with Crippen molar-refractivity contribution in [1.29, 1.82) is 5.26 Å². The van der Waals surface area contributed by atoms with Gasteiger partial charge in [-0.25, -0.2) is 16.5 Å². The summed E-state index contributed by atoms with van der Waals surface area (Å²) in [5.74, 6) is 0.0415. The van der Waals surface area contributed by atoms with E-state index in [0.29, 0.717) is 19.4 Å². The highest BCUT2D eigenvalue weighted by molar-refractivity contribution is 9.10. The first-order valence-electron chi connectivity index (χ1n) is 5.90. The van der Waals surface area contributed by atoms with Crippen LogP contribution in [-0.4, -0.2) is 21.1 Å². The van der Waals surface area contributed by atoms with Gasteiger partial charge in [-0.2, -0.15) is 5.26 Å². The van der Waals surface area contributed by atoms with Gasteiger partial charge in [0.15, 0.2) is 0 Å². The van der Waals surface area contributed by atoms with Crippen LogP contribution in [0.15, 0.2) is 23.2 Å². The van der Waals surface area contributed by atoms with Crippen LogP contribution in [0, 0.1) is 23.8 Å². The zero-order chi connectivity index (χ0) is 13.5. The fraction of sp³-hybridized carbons (Fsp3) is 0.385. The second kappa shape index (κ2) is 4.32. The summed E-state index contributed by atoms with van der Waals surface area (Å²) < 4.78 is 2.97. The average molecular weight is 316 g/mol. The van der Waals surface area contributed by atoms with E-state index >= 15 is 0 Å². The summed E-state index contributed by atoms with van der Waals surface area (Å²) in [7, 11) is 0. The third kappa shape index (κ3) is 1.72. The molecule has 1 aliphatic carbocycles. The van der Waals surface area contributed by atoms with E-state index in [1.807, 2.05) is 10.8 Å². The summed E-state index contributed by atoms with van der Waals surface area (Å²) in [6.45, 7) is 7.55. The van der Waals surface area contributed by atoms with Crippen molar-refractivity contribution in [2.75, 3.05) is 6.54 Å². The van der Waals surface area contributed by atoms with Crippen molar-refractivity contribution in [3.63, 3.8) is 0 Å². The Labute approximate surface area is 118 Å². The molecule has 5 nitrogen and oxygen atoms in total. The standard InChI is InChI=1S/C13H10BrN5/c1-16-7-13(2-9(3-13)4-15)19-6-11(14)10-5-17-8-18-12(10)19/h5-6,8-9H,2-3,7H2. The molecule has 19 heavy (non-hydrogen) atoms. The lowest BCUT2D eigenvalue weighted by atomic mass is 9.68. The first-order valence-corrected chi connectivity index (χ1v) is 6.69. The summed E-state index contributed by atoms with van der Waals surface area (Å²) in [5, 5.41) is 9.92. The molecule has 0 spiro atoms. The number of hydrogen-bond acceptors (Lipinski definition) is 3. The fourth-order valence-corrected chi connectivity index (χ4v) is 3.27. The highest BCUT2D eigenvalue weighted by Crippen LogP contribution is 2.46. The van der Waals surface area contributed by atoms with E-state index in [9.17, 15) is 0 Å². The smallest absolute Gasteiger partial charge is 0.237 e. The van der Waals surface area contributed by atoms with Crippen molar-refractivity contribution in [3.8, 4) is 6.07 Å². The van der Waals surface area contributed by atoms with Gasteiger partial charge in [-0.15, -0.1) is 0 Å². The number of nitriles is 1. The summed E-state index contributed by atoms with van der Waals surface area (Å²) in [5.41, 5.74) is 0.530. The highest BCUT2D eigenvalue weighted by atomic mass is 79.9. The van der Waals surface area contributed by atoms with Gasteiger partial charge in [0.25, 0.3) is 0 Å². The number of hydrogen-bond donors (Lipinski definition) is 0. The van der Waals surface area contributed by atoms with Crippen molar-refractivity contribution < 1.29 is 0 Å². The molecule has 2 aromatic rings. The highest BCUT2D eigenvalue weighted by Gasteiger charge is 2.49. The van der Waals surface area contributed by atoms with Crippen LogP contribution in [0.1, 0.15) is 12.8 Å². The molecule has 0 aliphatic heterocycles. The Morgan fingerprint density at radius 1 is 1.63 bits per heavy atom. The Morgan fingerprint density at radius 2 is 2.42 bits per heavy atom. The fourth-order valence-electron chi connectivity index (χ4n) is 2.79. The van der Waals surface area contributed by atoms with Crippen LogP contribution in [0.5, 0.6) is 0 Å². The van der Waals surface area contributed by atoms with E-state index in [2.05, 4.69) is 36.8 Å². The number of aromatic nitrogens is 3. The Hall–Kier alpha value is -1.92. The molecule has 0 amide bonds. The number of fused-ring (bicyclic) bond motifs is 1. The number of rotatable bonds is 2. The third-order valence-corrected chi connectivity index (χ3v) is 4.37. The van der Waals surface area contributed by atoms with Gasteiger partial charge in [-0.1, -0.05) is 0 Å². The van der Waals surface area contributed by atoms with E-state index in [-0.39, 0.29) is 11.5 Å². The van der Waals surface area contributed by atoms with Gasteiger partial charge in [0.05, 0.1) is 17.4 Å². The molecule has 1 saturated carbocycles. The van der Waals surface area contributed by atoms with Crippen molar-refractivity contribution in [2.24, 2.45) is 5.92 Å². The molecule has 3 rings (SSSR count). The summed E-state index contributed by atoms with van der Waals surface area (Å²) in [4.78, 5) is 11.9. The van der Waals surface area contributed by atoms with E-state index in [1.165, 1.54) is 6.33 Å². The van der Waals surface area contributed by atoms with E-state index in [1.54, 1.807) is 6.20 Å². The molecule has 6 heteroatoms. The van der Waals surface area contributed by atoms with Gasteiger partial charge in [0, 0.05) is 16.9 Å². The molecule has 0 aromatic carbocycles. The van der Waals surface area contributed by atoms with Crippen LogP contribution in [0.4, 0.5) is 0 Å². The number of halogens is 1. The molecule has 0 atom stereocenters. The predicted octanol–water partition coefficient (Wildman–Crippen LogP) is 2.74. The lowest BCUT2D eigenvalue weighted by Crippen LogP contribution is -2.47. The Bertz CT molecular complexity index is 715. The second-order valence-electron chi connectivity index (χ2n) is 4.88. The van der Waals surface area contributed by atoms with E-state index < -0.39 is 0 Å². The van der Waals surface area contributed by atoms with Gasteiger partial charge in [-0.05, 0) is 28.8 Å². The van der Waals surface area contributed by atoms with Crippen LogP contribution in [0.2, 0.25) is 0 Å². The molecule has 2 aromatic heterocycles. The maximum Gasteiger partial charge on any atom is 0.237 e. The minimum atomic E-state index is -0.291. The van der Waals surface area contributed by atoms with Crippen LogP contribution in [0.25, 0.3) is 15.9 Å². The molecule has 94 valence electrons. The van der Waals surface area contributed by atoms with Gasteiger partial charge in [-0.3, -0.25) is 0 Å².